The normalized spacial score (nSPS) is 11.5. The molecular weight excluding hydrogens is 573 g/mol. The molecule has 0 N–H and O–H groups in total. The number of rotatable bonds is 6. The van der Waals surface area contributed by atoms with Crippen molar-refractivity contribution in [3.63, 3.8) is 0 Å². The smallest absolute Gasteiger partial charge is 0.179 e. The number of fused-ring (bicyclic) bond motifs is 3. The topological polar surface area (TPSA) is 28.7 Å². The van der Waals surface area contributed by atoms with Gasteiger partial charge in [-0.2, -0.15) is 5.26 Å². The Labute approximate surface area is 270 Å². The minimum atomic E-state index is -2.57. The Morgan fingerprint density at radius 3 is 1.57 bits per heavy atom. The van der Waals surface area contributed by atoms with Gasteiger partial charge >= 0.3 is 0 Å². The number of aromatic nitrogens is 1. The Morgan fingerprint density at radius 2 is 0.957 bits per heavy atom. The summed E-state index contributed by atoms with van der Waals surface area (Å²) in [4.78, 5) is 0. The van der Waals surface area contributed by atoms with E-state index in [1.807, 2.05) is 12.1 Å². The van der Waals surface area contributed by atoms with E-state index in [1.54, 1.807) is 0 Å². The van der Waals surface area contributed by atoms with E-state index < -0.39 is 8.07 Å². The van der Waals surface area contributed by atoms with Gasteiger partial charge in [-0.3, -0.25) is 0 Å². The number of hydrogen-bond donors (Lipinski definition) is 0. The van der Waals surface area contributed by atoms with E-state index in [4.69, 9.17) is 0 Å². The van der Waals surface area contributed by atoms with E-state index >= 15 is 0 Å². The Kier molecular flexibility index (Phi) is 6.91. The first-order valence-electron chi connectivity index (χ1n) is 15.6. The predicted molar refractivity (Wildman–Crippen MR) is 195 cm³/mol. The molecule has 1 aromatic heterocycles. The second-order valence-corrected chi connectivity index (χ2v) is 15.5. The van der Waals surface area contributed by atoms with Crippen molar-refractivity contribution in [3.8, 4) is 22.9 Å². The lowest BCUT2D eigenvalue weighted by atomic mass is 10.1. The number of nitrogens with zero attached hydrogens (tertiary/aromatic N) is 2. The van der Waals surface area contributed by atoms with Gasteiger partial charge in [0.1, 0.15) is 0 Å². The van der Waals surface area contributed by atoms with Crippen LogP contribution in [-0.2, 0) is 0 Å². The zero-order valence-corrected chi connectivity index (χ0v) is 26.2. The Hall–Kier alpha value is -5.95. The van der Waals surface area contributed by atoms with Gasteiger partial charge in [0.05, 0.1) is 22.7 Å². The van der Waals surface area contributed by atoms with Crippen molar-refractivity contribution >= 4 is 50.6 Å². The van der Waals surface area contributed by atoms with Crippen LogP contribution in [0.3, 0.4) is 0 Å². The minimum absolute atomic E-state index is 0.672. The largest absolute Gasteiger partial charge is 0.309 e. The molecule has 0 atom stereocenters. The molecule has 3 heteroatoms. The molecule has 46 heavy (non-hydrogen) atoms. The van der Waals surface area contributed by atoms with Crippen LogP contribution >= 0.6 is 0 Å². The highest BCUT2D eigenvalue weighted by molar-refractivity contribution is 7.19. The van der Waals surface area contributed by atoms with Crippen LogP contribution in [0.5, 0.6) is 0 Å². The summed E-state index contributed by atoms with van der Waals surface area (Å²) in [5.74, 6) is 0. The molecule has 216 valence electrons. The van der Waals surface area contributed by atoms with Gasteiger partial charge in [-0.05, 0) is 68.3 Å². The molecule has 8 rings (SSSR count). The number of para-hydroxylation sites is 1. The molecule has 8 aromatic rings. The van der Waals surface area contributed by atoms with Gasteiger partial charge in [0.2, 0.25) is 0 Å². The van der Waals surface area contributed by atoms with Gasteiger partial charge in [-0.25, -0.2) is 0 Å². The molecule has 0 saturated heterocycles. The maximum Gasteiger partial charge on any atom is 0.179 e. The fourth-order valence-corrected chi connectivity index (χ4v) is 11.9. The van der Waals surface area contributed by atoms with Crippen molar-refractivity contribution in [2.75, 3.05) is 0 Å². The average Bonchev–Trinajstić information content (AvgIpc) is 3.47. The quantitative estimate of drug-likeness (QED) is 0.142. The summed E-state index contributed by atoms with van der Waals surface area (Å²) in [6, 6.07) is 67.9. The molecule has 2 nitrogen and oxygen atoms in total. The molecule has 0 fully saturated rings. The highest BCUT2D eigenvalue weighted by atomic mass is 28.3. The van der Waals surface area contributed by atoms with E-state index in [-0.39, 0.29) is 0 Å². The van der Waals surface area contributed by atoms with Gasteiger partial charge in [0.15, 0.2) is 8.07 Å². The molecule has 1 heterocycles. The summed E-state index contributed by atoms with van der Waals surface area (Å²) < 4.78 is 2.31. The van der Waals surface area contributed by atoms with Crippen LogP contribution < -0.4 is 20.7 Å². The maximum atomic E-state index is 9.57. The van der Waals surface area contributed by atoms with E-state index in [0.717, 1.165) is 33.1 Å². The second kappa shape index (κ2) is 11.5. The average molecular weight is 603 g/mol. The highest BCUT2D eigenvalue weighted by Gasteiger charge is 2.41. The van der Waals surface area contributed by atoms with Crippen molar-refractivity contribution < 1.29 is 0 Å². The molecular formula is C43H30N2Si. The molecule has 7 aromatic carbocycles. The third kappa shape index (κ3) is 4.47. The van der Waals surface area contributed by atoms with Crippen molar-refractivity contribution in [1.29, 1.82) is 5.26 Å². The summed E-state index contributed by atoms with van der Waals surface area (Å²) >= 11 is 0. The zero-order chi connectivity index (χ0) is 30.9. The van der Waals surface area contributed by atoms with Crippen LogP contribution in [-0.4, -0.2) is 12.6 Å². The first kappa shape index (κ1) is 27.6. The van der Waals surface area contributed by atoms with Crippen LogP contribution in [0.2, 0.25) is 0 Å². The van der Waals surface area contributed by atoms with Crippen molar-refractivity contribution in [2.24, 2.45) is 0 Å². The van der Waals surface area contributed by atoms with E-state index in [1.165, 1.54) is 26.3 Å². The van der Waals surface area contributed by atoms with Gasteiger partial charge < -0.3 is 4.57 Å². The monoisotopic (exact) mass is 602 g/mol. The SMILES string of the molecule is N#Cc1ccc2c(c1)c1ccccc1n2-c1cccc(-c2ccc([Si](c3ccccc3)(c3ccccc3)c3ccccc3)cc2)c1. The lowest BCUT2D eigenvalue weighted by Crippen LogP contribution is -2.74. The summed E-state index contributed by atoms with van der Waals surface area (Å²) in [5.41, 5.74) is 6.33. The Bertz CT molecular complexity index is 2250. The van der Waals surface area contributed by atoms with Crippen molar-refractivity contribution in [3.05, 3.63) is 188 Å². The standard InChI is InChI=1S/C43H30N2Si/c44-31-32-23-28-43-41(29-32)40-21-10-11-22-42(40)45(43)35-14-12-13-34(30-35)33-24-26-39(27-25-33)46(36-15-4-1-5-16-36,37-17-6-2-7-18-37)38-19-8-3-9-20-38/h1-30H. The van der Waals surface area contributed by atoms with E-state index in [2.05, 4.69) is 180 Å². The molecule has 0 radical (unpaired) electrons. The first-order chi connectivity index (χ1) is 22.8. The third-order valence-corrected chi connectivity index (χ3v) is 14.0. The first-order valence-corrected chi connectivity index (χ1v) is 17.6. The lowest BCUT2D eigenvalue weighted by molar-refractivity contribution is 1.18. The molecule has 0 aliphatic rings. The summed E-state index contributed by atoms with van der Waals surface area (Å²) in [6.07, 6.45) is 0. The van der Waals surface area contributed by atoms with E-state index in [9.17, 15) is 5.26 Å². The molecule has 0 saturated carbocycles. The van der Waals surface area contributed by atoms with Gasteiger partial charge in [-0.1, -0.05) is 146 Å². The van der Waals surface area contributed by atoms with Crippen LogP contribution in [0.4, 0.5) is 0 Å². The van der Waals surface area contributed by atoms with Gasteiger partial charge in [-0.15, -0.1) is 0 Å². The highest BCUT2D eigenvalue weighted by Crippen LogP contribution is 2.33. The predicted octanol–water partition coefficient (Wildman–Crippen LogP) is 7.70. The summed E-state index contributed by atoms with van der Waals surface area (Å²) in [7, 11) is -2.57. The van der Waals surface area contributed by atoms with Crippen molar-refractivity contribution in [1.82, 2.24) is 4.57 Å². The molecule has 0 spiro atoms. The summed E-state index contributed by atoms with van der Waals surface area (Å²) in [6.45, 7) is 0. The molecule has 0 unspecified atom stereocenters. The van der Waals surface area contributed by atoms with Gasteiger partial charge in [0.25, 0.3) is 0 Å². The van der Waals surface area contributed by atoms with E-state index in [0.29, 0.717) is 5.56 Å². The fraction of sp³-hybridized carbons (Fsp3) is 0. The van der Waals surface area contributed by atoms with Crippen molar-refractivity contribution in [2.45, 2.75) is 0 Å². The third-order valence-electron chi connectivity index (χ3n) is 9.18. The lowest BCUT2D eigenvalue weighted by Gasteiger charge is -2.34. The number of hydrogen-bond acceptors (Lipinski definition) is 1. The fourth-order valence-electron chi connectivity index (χ4n) is 7.12. The summed E-state index contributed by atoms with van der Waals surface area (Å²) in [5, 5.41) is 17.3. The molecule has 0 amide bonds. The van der Waals surface area contributed by atoms with Crippen LogP contribution in [0.15, 0.2) is 182 Å². The Morgan fingerprint density at radius 1 is 0.413 bits per heavy atom. The maximum absolute atomic E-state index is 9.57. The number of nitriles is 1. The van der Waals surface area contributed by atoms with Gasteiger partial charge in [0, 0.05) is 16.5 Å². The molecule has 0 bridgehead atoms. The minimum Gasteiger partial charge on any atom is -0.309 e. The zero-order valence-electron chi connectivity index (χ0n) is 25.2. The van der Waals surface area contributed by atoms with Crippen LogP contribution in [0, 0.1) is 11.3 Å². The molecule has 0 aliphatic carbocycles. The molecule has 0 aliphatic heterocycles. The van der Waals surface area contributed by atoms with Crippen LogP contribution in [0.25, 0.3) is 38.6 Å². The second-order valence-electron chi connectivity index (χ2n) is 11.7. The number of benzene rings is 7. The van der Waals surface area contributed by atoms with Crippen LogP contribution in [0.1, 0.15) is 5.56 Å². The Balaban J connectivity index is 1.28.